The highest BCUT2D eigenvalue weighted by Crippen LogP contribution is 2.20. The number of nitrogens with zero attached hydrogens (tertiary/aromatic N) is 5. The Bertz CT molecular complexity index is 1200. The number of nitrogens with one attached hydrogen (secondary N) is 3. The van der Waals surface area contributed by atoms with Crippen LogP contribution in [-0.4, -0.2) is 46.8 Å². The number of hydrogen-bond acceptors (Lipinski definition) is 9. The number of hydrazone groups is 2. The van der Waals surface area contributed by atoms with Gasteiger partial charge >= 0.3 is 0 Å². The van der Waals surface area contributed by atoms with Gasteiger partial charge in [-0.25, -0.2) is 5.43 Å². The van der Waals surface area contributed by atoms with Gasteiger partial charge in [-0.1, -0.05) is 0 Å². The summed E-state index contributed by atoms with van der Waals surface area (Å²) in [6.45, 7) is 0. The second kappa shape index (κ2) is 9.35. The van der Waals surface area contributed by atoms with Crippen LogP contribution in [0.25, 0.3) is 11.0 Å². The van der Waals surface area contributed by atoms with Crippen LogP contribution in [-0.2, 0) is 0 Å². The lowest BCUT2D eigenvalue weighted by Crippen LogP contribution is -2.01. The second-order valence-corrected chi connectivity index (χ2v) is 6.31. The van der Waals surface area contributed by atoms with Crippen molar-refractivity contribution in [3.8, 4) is 11.5 Å². The lowest BCUT2D eigenvalue weighted by atomic mass is 10.2. The van der Waals surface area contributed by atoms with Crippen LogP contribution in [0.2, 0.25) is 0 Å². The highest BCUT2D eigenvalue weighted by molar-refractivity contribution is 5.88. The molecular formula is C21H20N8O2. The van der Waals surface area contributed by atoms with Crippen molar-refractivity contribution in [2.75, 3.05) is 25.1 Å². The maximum Gasteiger partial charge on any atom is 0.247 e. The number of rotatable bonds is 8. The normalized spacial score (nSPS) is 11.3. The molecule has 0 radical (unpaired) electrons. The molecule has 0 fully saturated rings. The third-order valence-electron chi connectivity index (χ3n) is 4.30. The minimum atomic E-state index is 0.295. The van der Waals surface area contributed by atoms with E-state index in [0.717, 1.165) is 22.6 Å². The van der Waals surface area contributed by atoms with E-state index in [1.54, 1.807) is 32.8 Å². The fourth-order valence-electron chi connectivity index (χ4n) is 2.68. The van der Waals surface area contributed by atoms with E-state index in [-0.39, 0.29) is 0 Å². The summed E-state index contributed by atoms with van der Waals surface area (Å²) in [4.78, 5) is 8.79. The van der Waals surface area contributed by atoms with E-state index in [0.29, 0.717) is 22.8 Å². The van der Waals surface area contributed by atoms with Gasteiger partial charge in [-0.05, 0) is 59.7 Å². The zero-order chi connectivity index (χ0) is 21.5. The molecule has 0 saturated carbocycles. The minimum absolute atomic E-state index is 0.295. The van der Waals surface area contributed by atoms with E-state index < -0.39 is 0 Å². The zero-order valence-corrected chi connectivity index (χ0v) is 16.9. The van der Waals surface area contributed by atoms with Gasteiger partial charge in [-0.2, -0.15) is 25.3 Å². The molecular weight excluding hydrogens is 396 g/mol. The molecule has 2 aromatic carbocycles. The average molecular weight is 416 g/mol. The van der Waals surface area contributed by atoms with Crippen molar-refractivity contribution in [2.24, 2.45) is 10.2 Å². The van der Waals surface area contributed by atoms with E-state index in [9.17, 15) is 0 Å². The third kappa shape index (κ3) is 4.93. The van der Waals surface area contributed by atoms with E-state index >= 15 is 0 Å². The molecule has 0 unspecified atom stereocenters. The van der Waals surface area contributed by atoms with Crippen molar-refractivity contribution in [3.63, 3.8) is 0 Å². The number of ether oxygens (including phenoxy) is 2. The van der Waals surface area contributed by atoms with Gasteiger partial charge in [0.05, 0.1) is 38.2 Å². The summed E-state index contributed by atoms with van der Waals surface area (Å²) in [5, 5.41) is 16.0. The number of benzene rings is 2. The molecule has 4 aromatic rings. The SMILES string of the molecule is COc1ccc(/C=N/Nc2nc(N/N=C/c3ccc(OC)cc3)c3cn[nH]c3n2)cc1. The Labute approximate surface area is 178 Å². The molecule has 0 saturated heterocycles. The number of hydrogen-bond donors (Lipinski definition) is 3. The standard InChI is InChI=1S/C21H20N8O2/c1-30-16-7-3-14(4-8-16)11-22-27-19-18-13-24-28-20(18)26-21(25-19)29-23-12-15-5-9-17(31-2)10-6-15/h3-13H,1-2H3,(H3,24,25,26,27,28,29)/b22-11+,23-12+. The lowest BCUT2D eigenvalue weighted by molar-refractivity contribution is 0.414. The van der Waals surface area contributed by atoms with E-state index in [1.165, 1.54) is 0 Å². The molecule has 0 aliphatic heterocycles. The van der Waals surface area contributed by atoms with Crippen LogP contribution in [0.5, 0.6) is 11.5 Å². The van der Waals surface area contributed by atoms with Gasteiger partial charge in [0.2, 0.25) is 5.95 Å². The maximum atomic E-state index is 5.15. The summed E-state index contributed by atoms with van der Waals surface area (Å²) < 4.78 is 10.3. The summed E-state index contributed by atoms with van der Waals surface area (Å²) >= 11 is 0. The molecule has 0 aliphatic rings. The molecule has 0 spiro atoms. The van der Waals surface area contributed by atoms with Crippen molar-refractivity contribution in [1.29, 1.82) is 0 Å². The molecule has 10 nitrogen and oxygen atoms in total. The topological polar surface area (TPSA) is 122 Å². The van der Waals surface area contributed by atoms with Crippen LogP contribution in [0.3, 0.4) is 0 Å². The first-order valence-corrected chi connectivity index (χ1v) is 9.32. The summed E-state index contributed by atoms with van der Waals surface area (Å²) in [5.41, 5.74) is 8.13. The largest absolute Gasteiger partial charge is 0.497 e. The van der Waals surface area contributed by atoms with Crippen LogP contribution in [0.15, 0.2) is 64.9 Å². The van der Waals surface area contributed by atoms with Crippen LogP contribution < -0.4 is 20.3 Å². The number of fused-ring (bicyclic) bond motifs is 1. The van der Waals surface area contributed by atoms with Crippen molar-refractivity contribution < 1.29 is 9.47 Å². The molecule has 0 aliphatic carbocycles. The van der Waals surface area contributed by atoms with Crippen LogP contribution in [0, 0.1) is 0 Å². The van der Waals surface area contributed by atoms with Gasteiger partial charge in [0.1, 0.15) is 11.5 Å². The highest BCUT2D eigenvalue weighted by atomic mass is 16.5. The van der Waals surface area contributed by atoms with E-state index in [4.69, 9.17) is 9.47 Å². The van der Waals surface area contributed by atoms with Gasteiger partial charge in [0, 0.05) is 0 Å². The molecule has 0 amide bonds. The highest BCUT2D eigenvalue weighted by Gasteiger charge is 2.08. The predicted molar refractivity (Wildman–Crippen MR) is 120 cm³/mol. The van der Waals surface area contributed by atoms with E-state index in [1.807, 2.05) is 48.5 Å². The number of aromatic amines is 1. The average Bonchev–Trinajstić information content (AvgIpc) is 3.29. The van der Waals surface area contributed by atoms with Gasteiger partial charge in [0.15, 0.2) is 11.5 Å². The number of methoxy groups -OCH3 is 2. The van der Waals surface area contributed by atoms with Crippen molar-refractivity contribution in [1.82, 2.24) is 20.2 Å². The monoisotopic (exact) mass is 416 g/mol. The summed E-state index contributed by atoms with van der Waals surface area (Å²) in [7, 11) is 3.25. The first kappa shape index (κ1) is 19.8. The first-order valence-electron chi connectivity index (χ1n) is 9.32. The first-order chi connectivity index (χ1) is 15.2. The third-order valence-corrected chi connectivity index (χ3v) is 4.30. The molecule has 4 rings (SSSR count). The molecule has 0 atom stereocenters. The molecule has 156 valence electrons. The van der Waals surface area contributed by atoms with Gasteiger partial charge < -0.3 is 9.47 Å². The van der Waals surface area contributed by atoms with Crippen LogP contribution in [0.1, 0.15) is 11.1 Å². The number of H-pyrrole nitrogens is 1. The van der Waals surface area contributed by atoms with Crippen molar-refractivity contribution in [3.05, 3.63) is 65.9 Å². The molecule has 0 bridgehead atoms. The van der Waals surface area contributed by atoms with Crippen molar-refractivity contribution >= 4 is 35.2 Å². The zero-order valence-electron chi connectivity index (χ0n) is 16.9. The molecule has 31 heavy (non-hydrogen) atoms. The van der Waals surface area contributed by atoms with Crippen LogP contribution >= 0.6 is 0 Å². The lowest BCUT2D eigenvalue weighted by Gasteiger charge is -2.04. The number of anilines is 2. The summed E-state index contributed by atoms with van der Waals surface area (Å²) in [5.74, 6) is 2.35. The smallest absolute Gasteiger partial charge is 0.247 e. The summed E-state index contributed by atoms with van der Waals surface area (Å²) in [6, 6.07) is 15.0. The maximum absolute atomic E-state index is 5.15. The fourth-order valence-corrected chi connectivity index (χ4v) is 2.68. The Kier molecular flexibility index (Phi) is 5.98. The molecule has 3 N–H and O–H groups in total. The molecule has 10 heteroatoms. The predicted octanol–water partition coefficient (Wildman–Crippen LogP) is 3.26. The second-order valence-electron chi connectivity index (χ2n) is 6.31. The quantitative estimate of drug-likeness (QED) is 0.298. The van der Waals surface area contributed by atoms with Crippen LogP contribution in [0.4, 0.5) is 11.8 Å². The van der Waals surface area contributed by atoms with Crippen molar-refractivity contribution in [2.45, 2.75) is 0 Å². The Hall–Kier alpha value is -4.47. The van der Waals surface area contributed by atoms with Gasteiger partial charge in [-0.3, -0.25) is 10.5 Å². The Morgan fingerprint density at radius 1 is 0.806 bits per heavy atom. The van der Waals surface area contributed by atoms with Gasteiger partial charge in [0.25, 0.3) is 0 Å². The van der Waals surface area contributed by atoms with E-state index in [2.05, 4.69) is 41.2 Å². The Morgan fingerprint density at radius 3 is 1.97 bits per heavy atom. The Morgan fingerprint density at radius 2 is 1.39 bits per heavy atom. The number of aromatic nitrogens is 4. The fraction of sp³-hybridized carbons (Fsp3) is 0.0952. The molecule has 2 heterocycles. The molecule has 2 aromatic heterocycles. The Balaban J connectivity index is 1.47. The summed E-state index contributed by atoms with van der Waals surface area (Å²) in [6.07, 6.45) is 4.97. The minimum Gasteiger partial charge on any atom is -0.497 e. The van der Waals surface area contributed by atoms with Gasteiger partial charge in [-0.15, -0.1) is 0 Å².